The molecule has 0 saturated heterocycles. The highest BCUT2D eigenvalue weighted by molar-refractivity contribution is 5.59. The average Bonchev–Trinajstić information content (AvgIpc) is 2.48. The van der Waals surface area contributed by atoms with E-state index in [-0.39, 0.29) is 6.04 Å². The summed E-state index contributed by atoms with van der Waals surface area (Å²) in [5, 5.41) is 11.6. The minimum atomic E-state index is 0.198. The molecule has 0 aliphatic heterocycles. The highest BCUT2D eigenvalue weighted by Crippen LogP contribution is 2.18. The van der Waals surface area contributed by atoms with Crippen molar-refractivity contribution >= 4 is 5.82 Å². The summed E-state index contributed by atoms with van der Waals surface area (Å²) in [7, 11) is 0. The van der Waals surface area contributed by atoms with Gasteiger partial charge in [-0.3, -0.25) is 0 Å². The van der Waals surface area contributed by atoms with Crippen LogP contribution in [0, 0.1) is 0 Å². The van der Waals surface area contributed by atoms with Crippen molar-refractivity contribution in [2.45, 2.75) is 26.3 Å². The molecule has 1 aromatic heterocycles. The van der Waals surface area contributed by atoms with E-state index in [0.29, 0.717) is 6.54 Å². The summed E-state index contributed by atoms with van der Waals surface area (Å²) in [5.74, 6) is 0.756. The molecule has 0 aliphatic rings. The first-order valence-electron chi connectivity index (χ1n) is 6.62. The molecule has 0 aliphatic carbocycles. The summed E-state index contributed by atoms with van der Waals surface area (Å²) < 4.78 is 0. The Labute approximate surface area is 114 Å². The number of nitrogens with two attached hydrogens (primary N) is 1. The third kappa shape index (κ3) is 3.51. The van der Waals surface area contributed by atoms with Gasteiger partial charge in [0.1, 0.15) is 5.82 Å². The van der Waals surface area contributed by atoms with Crippen molar-refractivity contribution in [2.24, 2.45) is 5.73 Å². The lowest BCUT2D eigenvalue weighted by Gasteiger charge is -2.11. The van der Waals surface area contributed by atoms with Crippen LogP contribution in [0.2, 0.25) is 0 Å². The molecule has 3 N–H and O–H groups in total. The molecule has 2 aromatic rings. The monoisotopic (exact) mass is 256 g/mol. The molecule has 0 radical (unpaired) electrons. The zero-order chi connectivity index (χ0) is 13.7. The van der Waals surface area contributed by atoms with Crippen molar-refractivity contribution in [3.8, 4) is 11.3 Å². The molecule has 0 amide bonds. The van der Waals surface area contributed by atoms with Gasteiger partial charge in [0.05, 0.1) is 5.69 Å². The smallest absolute Gasteiger partial charge is 0.148 e. The zero-order valence-electron chi connectivity index (χ0n) is 11.4. The Hall–Kier alpha value is -1.94. The fourth-order valence-corrected chi connectivity index (χ4v) is 1.79. The topological polar surface area (TPSA) is 63.8 Å². The number of hydrogen-bond acceptors (Lipinski definition) is 4. The molecule has 0 spiro atoms. The van der Waals surface area contributed by atoms with Crippen LogP contribution in [0.3, 0.4) is 0 Å². The predicted octanol–water partition coefficient (Wildman–Crippen LogP) is 2.47. The highest BCUT2D eigenvalue weighted by atomic mass is 15.2. The molecule has 0 bridgehead atoms. The van der Waals surface area contributed by atoms with Crippen molar-refractivity contribution in [3.63, 3.8) is 0 Å². The molecular weight excluding hydrogens is 236 g/mol. The van der Waals surface area contributed by atoms with Crippen molar-refractivity contribution in [1.82, 2.24) is 10.2 Å². The van der Waals surface area contributed by atoms with Gasteiger partial charge in [0.2, 0.25) is 0 Å². The molecule has 100 valence electrons. The Balaban J connectivity index is 2.12. The van der Waals surface area contributed by atoms with E-state index in [2.05, 4.69) is 46.7 Å². The SMILES string of the molecule is CCc1ccc(-c2ccc(NC(C)CN)nn2)cc1. The van der Waals surface area contributed by atoms with Crippen LogP contribution in [-0.4, -0.2) is 22.8 Å². The normalized spacial score (nSPS) is 12.2. The van der Waals surface area contributed by atoms with Crippen molar-refractivity contribution in [3.05, 3.63) is 42.0 Å². The lowest BCUT2D eigenvalue weighted by atomic mass is 10.1. The molecule has 0 fully saturated rings. The van der Waals surface area contributed by atoms with Gasteiger partial charge in [-0.05, 0) is 31.0 Å². The van der Waals surface area contributed by atoms with Crippen molar-refractivity contribution < 1.29 is 0 Å². The summed E-state index contributed by atoms with van der Waals surface area (Å²) in [6.07, 6.45) is 1.05. The van der Waals surface area contributed by atoms with Gasteiger partial charge in [-0.1, -0.05) is 31.2 Å². The Kier molecular flexibility index (Phi) is 4.47. The Morgan fingerprint density at radius 2 is 1.84 bits per heavy atom. The molecule has 2 rings (SSSR count). The number of hydrogen-bond donors (Lipinski definition) is 2. The van der Waals surface area contributed by atoms with E-state index in [9.17, 15) is 0 Å². The average molecular weight is 256 g/mol. The first-order chi connectivity index (χ1) is 9.22. The molecule has 1 unspecified atom stereocenters. The van der Waals surface area contributed by atoms with Crippen molar-refractivity contribution in [1.29, 1.82) is 0 Å². The quantitative estimate of drug-likeness (QED) is 0.862. The van der Waals surface area contributed by atoms with E-state index >= 15 is 0 Å². The summed E-state index contributed by atoms with van der Waals surface area (Å²) in [5.41, 5.74) is 8.85. The molecule has 4 nitrogen and oxygen atoms in total. The molecule has 0 saturated carbocycles. The van der Waals surface area contributed by atoms with E-state index in [1.54, 1.807) is 0 Å². The Bertz CT molecular complexity index is 505. The summed E-state index contributed by atoms with van der Waals surface area (Å²) in [6.45, 7) is 4.73. The van der Waals surface area contributed by atoms with E-state index in [1.165, 1.54) is 5.56 Å². The van der Waals surface area contributed by atoms with E-state index in [4.69, 9.17) is 5.73 Å². The van der Waals surface area contributed by atoms with Gasteiger partial charge in [-0.15, -0.1) is 10.2 Å². The second kappa shape index (κ2) is 6.29. The number of anilines is 1. The molecule has 4 heteroatoms. The summed E-state index contributed by atoms with van der Waals surface area (Å²) in [6, 6.07) is 12.5. The first-order valence-corrected chi connectivity index (χ1v) is 6.62. The summed E-state index contributed by atoms with van der Waals surface area (Å²) >= 11 is 0. The third-order valence-electron chi connectivity index (χ3n) is 3.07. The second-order valence-electron chi connectivity index (χ2n) is 4.64. The van der Waals surface area contributed by atoms with Gasteiger partial charge >= 0.3 is 0 Å². The fraction of sp³-hybridized carbons (Fsp3) is 0.333. The first kappa shape index (κ1) is 13.5. The van der Waals surface area contributed by atoms with E-state index < -0.39 is 0 Å². The number of benzene rings is 1. The van der Waals surface area contributed by atoms with Crippen LogP contribution < -0.4 is 11.1 Å². The van der Waals surface area contributed by atoms with Crippen LogP contribution in [0.1, 0.15) is 19.4 Å². The third-order valence-corrected chi connectivity index (χ3v) is 3.07. The van der Waals surface area contributed by atoms with Crippen LogP contribution in [0.25, 0.3) is 11.3 Å². The minimum absolute atomic E-state index is 0.198. The van der Waals surface area contributed by atoms with Crippen LogP contribution in [0.4, 0.5) is 5.82 Å². The predicted molar refractivity (Wildman–Crippen MR) is 79.0 cm³/mol. The maximum absolute atomic E-state index is 5.56. The van der Waals surface area contributed by atoms with Crippen LogP contribution in [0.5, 0.6) is 0 Å². The van der Waals surface area contributed by atoms with Gasteiger partial charge in [-0.25, -0.2) is 0 Å². The maximum atomic E-state index is 5.56. The van der Waals surface area contributed by atoms with Crippen LogP contribution >= 0.6 is 0 Å². The highest BCUT2D eigenvalue weighted by Gasteiger charge is 2.03. The van der Waals surface area contributed by atoms with E-state index in [1.807, 2.05) is 19.1 Å². The maximum Gasteiger partial charge on any atom is 0.148 e. The molecule has 1 atom stereocenters. The van der Waals surface area contributed by atoms with E-state index in [0.717, 1.165) is 23.5 Å². The largest absolute Gasteiger partial charge is 0.365 e. The summed E-state index contributed by atoms with van der Waals surface area (Å²) in [4.78, 5) is 0. The standard InChI is InChI=1S/C15H20N4/c1-3-12-4-6-13(7-5-12)14-8-9-15(19-18-14)17-11(2)10-16/h4-9,11H,3,10,16H2,1-2H3,(H,17,19). The number of nitrogens with zero attached hydrogens (tertiary/aromatic N) is 2. The molecular formula is C15H20N4. The number of aryl methyl sites for hydroxylation is 1. The second-order valence-corrected chi connectivity index (χ2v) is 4.64. The van der Waals surface area contributed by atoms with Gasteiger partial charge < -0.3 is 11.1 Å². The Morgan fingerprint density at radius 3 is 2.37 bits per heavy atom. The van der Waals surface area contributed by atoms with Gasteiger partial charge in [0, 0.05) is 18.2 Å². The van der Waals surface area contributed by atoms with Crippen molar-refractivity contribution in [2.75, 3.05) is 11.9 Å². The molecule has 19 heavy (non-hydrogen) atoms. The van der Waals surface area contributed by atoms with Crippen LogP contribution in [-0.2, 0) is 6.42 Å². The molecule has 1 heterocycles. The number of rotatable bonds is 5. The van der Waals surface area contributed by atoms with Gasteiger partial charge in [0.15, 0.2) is 0 Å². The fourth-order valence-electron chi connectivity index (χ4n) is 1.79. The Morgan fingerprint density at radius 1 is 1.11 bits per heavy atom. The number of aromatic nitrogens is 2. The molecule has 1 aromatic carbocycles. The van der Waals surface area contributed by atoms with Gasteiger partial charge in [0.25, 0.3) is 0 Å². The number of nitrogens with one attached hydrogen (secondary N) is 1. The minimum Gasteiger partial charge on any atom is -0.365 e. The lowest BCUT2D eigenvalue weighted by molar-refractivity contribution is 0.792. The van der Waals surface area contributed by atoms with Gasteiger partial charge in [-0.2, -0.15) is 0 Å². The lowest BCUT2D eigenvalue weighted by Crippen LogP contribution is -2.25. The zero-order valence-corrected chi connectivity index (χ0v) is 11.4. The van der Waals surface area contributed by atoms with Crippen LogP contribution in [0.15, 0.2) is 36.4 Å².